The van der Waals surface area contributed by atoms with Gasteiger partial charge in [-0.1, -0.05) is 12.2 Å². The molecule has 0 aliphatic heterocycles. The molecule has 2 aromatic rings. The Morgan fingerprint density at radius 3 is 2.59 bits per heavy atom. The number of aryl methyl sites for hydroxylation is 1. The van der Waals surface area contributed by atoms with Crippen molar-refractivity contribution in [1.82, 2.24) is 14.7 Å². The highest BCUT2D eigenvalue weighted by Crippen LogP contribution is 2.34. The summed E-state index contributed by atoms with van der Waals surface area (Å²) in [5, 5.41) is 13.2. The van der Waals surface area contributed by atoms with Crippen LogP contribution < -0.4 is 0 Å². The Morgan fingerprint density at radius 2 is 2.07 bits per heavy atom. The summed E-state index contributed by atoms with van der Waals surface area (Å²) in [5.74, 6) is -0.335. The molecule has 0 aromatic carbocycles. The number of carbonyl (C=O) groups excluding carboxylic acids is 1. The quantitative estimate of drug-likeness (QED) is 0.745. The minimum Gasteiger partial charge on any atom is -0.395 e. The number of nitrogens with zero attached hydrogens (tertiary/aromatic N) is 3. The van der Waals surface area contributed by atoms with Crippen LogP contribution in [0.1, 0.15) is 29.2 Å². The first-order valence-electron chi connectivity index (χ1n) is 8.16. The molecule has 0 fully saturated rings. The van der Waals surface area contributed by atoms with Gasteiger partial charge in [0.15, 0.2) is 0 Å². The molecule has 0 spiro atoms. The van der Waals surface area contributed by atoms with E-state index in [1.165, 1.54) is 11.9 Å². The Bertz CT molecular complexity index is 866. The van der Waals surface area contributed by atoms with Crippen LogP contribution in [0.25, 0.3) is 10.6 Å². The Hall–Kier alpha value is -2.39. The van der Waals surface area contributed by atoms with E-state index in [0.29, 0.717) is 15.5 Å². The number of halogens is 3. The smallest absolute Gasteiger partial charge is 0.395 e. The molecule has 0 saturated carbocycles. The summed E-state index contributed by atoms with van der Waals surface area (Å²) in [6.07, 6.45) is 0.771. The molecule has 0 atom stereocenters. The van der Waals surface area contributed by atoms with E-state index in [1.54, 1.807) is 37.3 Å². The van der Waals surface area contributed by atoms with Crippen molar-refractivity contribution in [2.24, 2.45) is 7.05 Å². The van der Waals surface area contributed by atoms with E-state index in [4.69, 9.17) is 0 Å². The van der Waals surface area contributed by atoms with E-state index in [-0.39, 0.29) is 24.8 Å². The molecule has 0 radical (unpaired) electrons. The third-order valence-electron chi connectivity index (χ3n) is 3.75. The number of hydrogen-bond donors (Lipinski definition) is 1. The van der Waals surface area contributed by atoms with Crippen LogP contribution in [0.5, 0.6) is 0 Å². The maximum Gasteiger partial charge on any atom is 0.433 e. The lowest BCUT2D eigenvalue weighted by molar-refractivity contribution is -0.143. The van der Waals surface area contributed by atoms with Gasteiger partial charge in [0, 0.05) is 19.3 Å². The number of allylic oxidation sites excluding steroid dienone is 3. The number of carbonyl (C=O) groups is 1. The van der Waals surface area contributed by atoms with Gasteiger partial charge < -0.3 is 10.0 Å². The van der Waals surface area contributed by atoms with Gasteiger partial charge in [0.25, 0.3) is 5.91 Å². The summed E-state index contributed by atoms with van der Waals surface area (Å²) in [5.41, 5.74) is -0.0732. The standard InChI is InChI=1S/C18H20F3N3O2S/c1-4-6-12(5-2)24(9-10-25)17(26)15-8-7-14(27-15)13-11-16(18(19,20)21)23(3)22-13/h4-8,11,25H,9-10H2,1-3H3/b6-4-,12-5+. The third-order valence-corrected chi connectivity index (χ3v) is 4.85. The van der Waals surface area contributed by atoms with E-state index in [9.17, 15) is 23.1 Å². The number of amides is 1. The summed E-state index contributed by atoms with van der Waals surface area (Å²) in [7, 11) is 1.23. The third kappa shape index (κ3) is 4.67. The molecule has 0 aliphatic rings. The van der Waals surface area contributed by atoms with Crippen molar-refractivity contribution in [3.8, 4) is 10.6 Å². The minimum atomic E-state index is -4.50. The monoisotopic (exact) mass is 399 g/mol. The first-order valence-corrected chi connectivity index (χ1v) is 8.97. The van der Waals surface area contributed by atoms with Gasteiger partial charge in [-0.05, 0) is 38.1 Å². The van der Waals surface area contributed by atoms with Crippen LogP contribution in [0.4, 0.5) is 13.2 Å². The van der Waals surface area contributed by atoms with Crippen molar-refractivity contribution < 1.29 is 23.1 Å². The van der Waals surface area contributed by atoms with Gasteiger partial charge in [-0.3, -0.25) is 9.48 Å². The number of thiophene rings is 1. The summed E-state index contributed by atoms with van der Waals surface area (Å²) in [4.78, 5) is 15.1. The second kappa shape index (κ2) is 8.53. The normalized spacial score (nSPS) is 12.8. The molecule has 1 N–H and O–H groups in total. The van der Waals surface area contributed by atoms with Gasteiger partial charge in [-0.2, -0.15) is 18.3 Å². The maximum absolute atomic E-state index is 12.9. The fourth-order valence-corrected chi connectivity index (χ4v) is 3.45. The lowest BCUT2D eigenvalue weighted by atomic mass is 10.2. The highest BCUT2D eigenvalue weighted by molar-refractivity contribution is 7.17. The first kappa shape index (κ1) is 20.9. The van der Waals surface area contributed by atoms with Crippen LogP contribution in [-0.4, -0.2) is 38.8 Å². The topological polar surface area (TPSA) is 58.4 Å². The highest BCUT2D eigenvalue weighted by Gasteiger charge is 2.35. The molecule has 2 aromatic heterocycles. The molecule has 0 saturated heterocycles. The van der Waals surface area contributed by atoms with E-state index >= 15 is 0 Å². The second-order valence-electron chi connectivity index (χ2n) is 5.59. The molecule has 27 heavy (non-hydrogen) atoms. The van der Waals surface area contributed by atoms with Crippen LogP contribution in [0.15, 0.2) is 42.1 Å². The van der Waals surface area contributed by atoms with Crippen molar-refractivity contribution in [3.63, 3.8) is 0 Å². The molecule has 146 valence electrons. The lowest BCUT2D eigenvalue weighted by Crippen LogP contribution is -2.31. The van der Waals surface area contributed by atoms with Gasteiger partial charge in [0.05, 0.1) is 16.4 Å². The lowest BCUT2D eigenvalue weighted by Gasteiger charge is -2.22. The van der Waals surface area contributed by atoms with Crippen LogP contribution in [0, 0.1) is 0 Å². The number of alkyl halides is 3. The number of aliphatic hydroxyl groups excluding tert-OH is 1. The summed E-state index contributed by atoms with van der Waals surface area (Å²) in [6.45, 7) is 3.49. The molecule has 5 nitrogen and oxygen atoms in total. The average molecular weight is 399 g/mol. The molecule has 0 aliphatic carbocycles. The Morgan fingerprint density at radius 1 is 1.37 bits per heavy atom. The number of hydrogen-bond acceptors (Lipinski definition) is 4. The van der Waals surface area contributed by atoms with Crippen molar-refractivity contribution in [2.45, 2.75) is 20.0 Å². The van der Waals surface area contributed by atoms with E-state index < -0.39 is 11.9 Å². The number of aliphatic hydroxyl groups is 1. The fraction of sp³-hybridized carbons (Fsp3) is 0.333. The van der Waals surface area contributed by atoms with Gasteiger partial charge in [0.2, 0.25) is 0 Å². The molecular formula is C18H20F3N3O2S. The molecule has 2 heterocycles. The fourth-order valence-electron chi connectivity index (χ4n) is 2.54. The van der Waals surface area contributed by atoms with E-state index in [0.717, 1.165) is 22.1 Å². The molecule has 0 unspecified atom stereocenters. The highest BCUT2D eigenvalue weighted by atomic mass is 32.1. The van der Waals surface area contributed by atoms with Gasteiger partial charge in [-0.25, -0.2) is 0 Å². The van der Waals surface area contributed by atoms with E-state index in [2.05, 4.69) is 5.10 Å². The molecule has 1 amide bonds. The molecule has 0 bridgehead atoms. The Kier molecular flexibility index (Phi) is 6.61. The zero-order chi connectivity index (χ0) is 20.2. The Labute approximate surface area is 159 Å². The van der Waals surface area contributed by atoms with Crippen LogP contribution in [0.2, 0.25) is 0 Å². The van der Waals surface area contributed by atoms with Crippen molar-refractivity contribution in [3.05, 3.63) is 52.7 Å². The summed E-state index contributed by atoms with van der Waals surface area (Å²) in [6, 6.07) is 4.09. The minimum absolute atomic E-state index is 0.109. The van der Waals surface area contributed by atoms with Gasteiger partial charge in [0.1, 0.15) is 11.4 Å². The zero-order valence-electron chi connectivity index (χ0n) is 15.1. The van der Waals surface area contributed by atoms with Crippen molar-refractivity contribution >= 4 is 17.2 Å². The average Bonchev–Trinajstić information content (AvgIpc) is 3.23. The molecule has 9 heteroatoms. The first-order chi connectivity index (χ1) is 12.7. The SMILES string of the molecule is C/C=C\C(=C/C)N(CCO)C(=O)c1ccc(-c2cc(C(F)(F)F)n(C)n2)s1. The van der Waals surface area contributed by atoms with Crippen LogP contribution >= 0.6 is 11.3 Å². The maximum atomic E-state index is 12.9. The van der Waals surface area contributed by atoms with Crippen LogP contribution in [-0.2, 0) is 13.2 Å². The summed E-state index contributed by atoms with van der Waals surface area (Å²) >= 11 is 1.06. The summed E-state index contributed by atoms with van der Waals surface area (Å²) < 4.78 is 39.6. The predicted octanol–water partition coefficient (Wildman–Crippen LogP) is 4.08. The molecular weight excluding hydrogens is 379 g/mol. The van der Waals surface area contributed by atoms with Gasteiger partial charge >= 0.3 is 6.18 Å². The van der Waals surface area contributed by atoms with Crippen LogP contribution in [0.3, 0.4) is 0 Å². The number of rotatable bonds is 6. The van der Waals surface area contributed by atoms with E-state index in [1.807, 2.05) is 6.92 Å². The number of aromatic nitrogens is 2. The van der Waals surface area contributed by atoms with Gasteiger partial charge in [-0.15, -0.1) is 11.3 Å². The predicted molar refractivity (Wildman–Crippen MR) is 98.2 cm³/mol. The zero-order valence-corrected chi connectivity index (χ0v) is 15.9. The van der Waals surface area contributed by atoms with Crippen molar-refractivity contribution in [2.75, 3.05) is 13.2 Å². The Balaban J connectivity index is 2.34. The second-order valence-corrected chi connectivity index (χ2v) is 6.68. The molecule has 2 rings (SSSR count). The van der Waals surface area contributed by atoms with Crippen molar-refractivity contribution in [1.29, 1.82) is 0 Å². The largest absolute Gasteiger partial charge is 0.433 e.